The van der Waals surface area contributed by atoms with Gasteiger partial charge in [0.15, 0.2) is 5.76 Å². The van der Waals surface area contributed by atoms with E-state index in [0.717, 1.165) is 30.2 Å². The fraction of sp³-hybridized carbons (Fsp3) is 0.400. The molecule has 0 amide bonds. The standard InChI is InChI=1S/C25H27F3N4O2/c26-25(27,28)21-15-18(8-9-22(21)32-12-10-29-11-13-32)31-24-30-16-23(34-24)17-4-3-7-20(14-17)33-19-5-1-2-6-19/h3-4,7-9,14-16,19,29H,1-2,5-6,10-13H2,(H,30,31). The van der Waals surface area contributed by atoms with Gasteiger partial charge in [0.1, 0.15) is 5.75 Å². The minimum Gasteiger partial charge on any atom is -0.490 e. The largest absolute Gasteiger partial charge is 0.490 e. The Hall–Kier alpha value is -3.20. The predicted octanol–water partition coefficient (Wildman–Crippen LogP) is 5.84. The molecule has 2 fully saturated rings. The molecule has 1 saturated heterocycles. The average molecular weight is 473 g/mol. The summed E-state index contributed by atoms with van der Waals surface area (Å²) in [4.78, 5) is 5.96. The number of anilines is 3. The van der Waals surface area contributed by atoms with Crippen molar-refractivity contribution in [2.24, 2.45) is 0 Å². The number of oxazole rings is 1. The number of aromatic nitrogens is 1. The molecular formula is C25H27F3N4O2. The minimum absolute atomic E-state index is 0.125. The van der Waals surface area contributed by atoms with Gasteiger partial charge in [-0.1, -0.05) is 12.1 Å². The van der Waals surface area contributed by atoms with Crippen LogP contribution < -0.4 is 20.3 Å². The monoisotopic (exact) mass is 472 g/mol. The van der Waals surface area contributed by atoms with E-state index >= 15 is 0 Å². The molecule has 2 N–H and O–H groups in total. The van der Waals surface area contributed by atoms with Gasteiger partial charge in [-0.05, 0) is 56.0 Å². The first-order chi connectivity index (χ1) is 16.5. The van der Waals surface area contributed by atoms with Gasteiger partial charge in [0.2, 0.25) is 0 Å². The molecule has 180 valence electrons. The highest BCUT2D eigenvalue weighted by atomic mass is 19.4. The quantitative estimate of drug-likeness (QED) is 0.470. The third kappa shape index (κ3) is 5.14. The lowest BCUT2D eigenvalue weighted by Gasteiger charge is -2.31. The summed E-state index contributed by atoms with van der Waals surface area (Å²) in [6.07, 6.45) is 1.83. The second-order valence-corrected chi connectivity index (χ2v) is 8.67. The fourth-order valence-electron chi connectivity index (χ4n) is 4.53. The molecule has 1 saturated carbocycles. The molecule has 0 unspecified atom stereocenters. The van der Waals surface area contributed by atoms with Crippen molar-refractivity contribution in [3.05, 3.63) is 54.2 Å². The van der Waals surface area contributed by atoms with E-state index in [9.17, 15) is 13.2 Å². The number of piperazine rings is 1. The number of benzene rings is 2. The number of nitrogens with zero attached hydrogens (tertiary/aromatic N) is 2. The van der Waals surface area contributed by atoms with Gasteiger partial charge in [-0.2, -0.15) is 13.2 Å². The lowest BCUT2D eigenvalue weighted by Crippen LogP contribution is -2.44. The van der Waals surface area contributed by atoms with Gasteiger partial charge in [-0.15, -0.1) is 0 Å². The van der Waals surface area contributed by atoms with E-state index in [-0.39, 0.29) is 23.5 Å². The van der Waals surface area contributed by atoms with Crippen LogP contribution in [0.25, 0.3) is 11.3 Å². The number of rotatable bonds is 6. The Bertz CT molecular complexity index is 1120. The second kappa shape index (κ2) is 9.58. The van der Waals surface area contributed by atoms with Crippen molar-refractivity contribution in [3.8, 4) is 17.1 Å². The summed E-state index contributed by atoms with van der Waals surface area (Å²) >= 11 is 0. The first-order valence-electron chi connectivity index (χ1n) is 11.6. The van der Waals surface area contributed by atoms with Gasteiger partial charge < -0.3 is 24.7 Å². The Morgan fingerprint density at radius 2 is 1.85 bits per heavy atom. The van der Waals surface area contributed by atoms with Crippen LogP contribution in [0.1, 0.15) is 31.2 Å². The van der Waals surface area contributed by atoms with Gasteiger partial charge in [0, 0.05) is 43.1 Å². The van der Waals surface area contributed by atoms with Crippen LogP contribution in [0.5, 0.6) is 5.75 Å². The zero-order valence-corrected chi connectivity index (χ0v) is 18.7. The third-order valence-corrected chi connectivity index (χ3v) is 6.24. The van der Waals surface area contributed by atoms with Crippen LogP contribution in [-0.4, -0.2) is 37.3 Å². The van der Waals surface area contributed by atoms with Crippen molar-refractivity contribution >= 4 is 17.4 Å². The Labute approximate surface area is 196 Å². The van der Waals surface area contributed by atoms with Crippen LogP contribution >= 0.6 is 0 Å². The minimum atomic E-state index is -4.47. The molecule has 0 bridgehead atoms. The van der Waals surface area contributed by atoms with Crippen LogP contribution in [-0.2, 0) is 6.18 Å². The number of ether oxygens (including phenoxy) is 1. The van der Waals surface area contributed by atoms with Crippen molar-refractivity contribution in [3.63, 3.8) is 0 Å². The molecule has 34 heavy (non-hydrogen) atoms. The molecule has 2 heterocycles. The van der Waals surface area contributed by atoms with Crippen LogP contribution in [0.4, 0.5) is 30.6 Å². The second-order valence-electron chi connectivity index (χ2n) is 8.67. The molecule has 0 atom stereocenters. The number of halogens is 3. The van der Waals surface area contributed by atoms with Crippen molar-refractivity contribution in [2.75, 3.05) is 36.4 Å². The van der Waals surface area contributed by atoms with E-state index in [2.05, 4.69) is 15.6 Å². The molecular weight excluding hydrogens is 445 g/mol. The molecule has 1 aromatic heterocycles. The highest BCUT2D eigenvalue weighted by molar-refractivity contribution is 5.66. The van der Waals surface area contributed by atoms with E-state index < -0.39 is 11.7 Å². The van der Waals surface area contributed by atoms with E-state index in [1.54, 1.807) is 17.2 Å². The van der Waals surface area contributed by atoms with Gasteiger partial charge in [0.25, 0.3) is 6.01 Å². The summed E-state index contributed by atoms with van der Waals surface area (Å²) in [6, 6.07) is 11.9. The topological polar surface area (TPSA) is 62.6 Å². The number of nitrogens with one attached hydrogen (secondary N) is 2. The van der Waals surface area contributed by atoms with Gasteiger partial charge in [-0.3, -0.25) is 0 Å². The zero-order valence-electron chi connectivity index (χ0n) is 18.7. The van der Waals surface area contributed by atoms with E-state index in [1.165, 1.54) is 18.9 Å². The first-order valence-corrected chi connectivity index (χ1v) is 11.6. The Morgan fingerprint density at radius 1 is 1.06 bits per heavy atom. The summed E-state index contributed by atoms with van der Waals surface area (Å²) in [6.45, 7) is 2.37. The lowest BCUT2D eigenvalue weighted by atomic mass is 10.1. The van der Waals surface area contributed by atoms with E-state index in [1.807, 2.05) is 24.3 Å². The molecule has 2 aromatic carbocycles. The van der Waals surface area contributed by atoms with Crippen molar-refractivity contribution in [1.82, 2.24) is 10.3 Å². The number of hydrogen-bond donors (Lipinski definition) is 2. The molecule has 1 aliphatic carbocycles. The summed E-state index contributed by atoms with van der Waals surface area (Å²) in [7, 11) is 0. The molecule has 3 aromatic rings. The molecule has 0 spiro atoms. The van der Waals surface area contributed by atoms with Gasteiger partial charge >= 0.3 is 6.18 Å². The summed E-state index contributed by atoms with van der Waals surface area (Å²) in [5, 5.41) is 6.03. The Kier molecular flexibility index (Phi) is 6.36. The van der Waals surface area contributed by atoms with Crippen LogP contribution in [0, 0.1) is 0 Å². The molecule has 6 nitrogen and oxygen atoms in total. The maximum absolute atomic E-state index is 13.8. The lowest BCUT2D eigenvalue weighted by molar-refractivity contribution is -0.137. The number of hydrogen-bond acceptors (Lipinski definition) is 6. The van der Waals surface area contributed by atoms with Crippen molar-refractivity contribution < 1.29 is 22.3 Å². The maximum atomic E-state index is 13.8. The summed E-state index contributed by atoms with van der Waals surface area (Å²) in [5.74, 6) is 1.28. The summed E-state index contributed by atoms with van der Waals surface area (Å²) in [5.41, 5.74) is 0.564. The highest BCUT2D eigenvalue weighted by Crippen LogP contribution is 2.39. The van der Waals surface area contributed by atoms with Gasteiger partial charge in [-0.25, -0.2) is 4.98 Å². The maximum Gasteiger partial charge on any atom is 0.418 e. The fourth-order valence-corrected chi connectivity index (χ4v) is 4.53. The van der Waals surface area contributed by atoms with Gasteiger partial charge in [0.05, 0.1) is 17.9 Å². The van der Waals surface area contributed by atoms with Crippen LogP contribution in [0.2, 0.25) is 0 Å². The third-order valence-electron chi connectivity index (χ3n) is 6.24. The molecule has 2 aliphatic rings. The SMILES string of the molecule is FC(F)(F)c1cc(Nc2ncc(-c3cccc(OC4CCCC4)c3)o2)ccc1N1CCNCC1. The smallest absolute Gasteiger partial charge is 0.418 e. The Balaban J connectivity index is 1.33. The zero-order chi connectivity index (χ0) is 23.5. The molecule has 0 radical (unpaired) electrons. The van der Waals surface area contributed by atoms with Crippen molar-refractivity contribution in [2.45, 2.75) is 38.0 Å². The van der Waals surface area contributed by atoms with Crippen LogP contribution in [0.3, 0.4) is 0 Å². The van der Waals surface area contributed by atoms with E-state index in [4.69, 9.17) is 9.15 Å². The van der Waals surface area contributed by atoms with Crippen LogP contribution in [0.15, 0.2) is 53.1 Å². The molecule has 5 rings (SSSR count). The van der Waals surface area contributed by atoms with Crippen molar-refractivity contribution in [1.29, 1.82) is 0 Å². The summed E-state index contributed by atoms with van der Waals surface area (Å²) < 4.78 is 53.3. The predicted molar refractivity (Wildman–Crippen MR) is 125 cm³/mol. The molecule has 9 heteroatoms. The average Bonchev–Trinajstić information content (AvgIpc) is 3.52. The highest BCUT2D eigenvalue weighted by Gasteiger charge is 2.35. The number of alkyl halides is 3. The molecule has 1 aliphatic heterocycles. The normalized spacial score (nSPS) is 17.2. The van der Waals surface area contributed by atoms with E-state index in [0.29, 0.717) is 31.9 Å². The first kappa shape index (κ1) is 22.6. The Morgan fingerprint density at radius 3 is 2.62 bits per heavy atom.